The first kappa shape index (κ1) is 16.4. The van der Waals surface area contributed by atoms with Crippen LogP contribution in [0.25, 0.3) is 0 Å². The van der Waals surface area contributed by atoms with Crippen LogP contribution in [0.4, 0.5) is 0 Å². The first-order chi connectivity index (χ1) is 9.12. The molecule has 0 radical (unpaired) electrons. The topological polar surface area (TPSA) is 20.3 Å². The van der Waals surface area contributed by atoms with Gasteiger partial charge >= 0.3 is 0 Å². The molecule has 3 heteroatoms. The highest BCUT2D eigenvalue weighted by atomic mass is 32.1. The molecule has 0 aromatic carbocycles. The highest BCUT2D eigenvalue weighted by Gasteiger charge is 2.17. The Hall–Kier alpha value is -0.670. The number of unbranched alkanes of at least 4 members (excludes halogenated alkanes) is 1. The highest BCUT2D eigenvalue weighted by molar-refractivity contribution is 7.14. The molecule has 1 aromatic heterocycles. The van der Waals surface area contributed by atoms with E-state index in [1.807, 2.05) is 6.07 Å². The summed E-state index contributed by atoms with van der Waals surface area (Å²) in [5.74, 6) is 0.279. The first-order valence-electron chi connectivity index (χ1n) is 7.48. The van der Waals surface area contributed by atoms with E-state index in [1.54, 1.807) is 11.3 Å². The fourth-order valence-corrected chi connectivity index (χ4v) is 2.93. The number of Topliss-reactive ketones (excluding diaryl/α,β-unsaturated/α-hetero) is 1. The van der Waals surface area contributed by atoms with Crippen molar-refractivity contribution in [2.45, 2.75) is 59.4 Å². The van der Waals surface area contributed by atoms with Gasteiger partial charge in [-0.1, -0.05) is 27.2 Å². The molecule has 1 aromatic rings. The Morgan fingerprint density at radius 2 is 2.05 bits per heavy atom. The lowest BCUT2D eigenvalue weighted by molar-refractivity contribution is 0.0898. The van der Waals surface area contributed by atoms with E-state index in [0.717, 1.165) is 24.3 Å². The lowest BCUT2D eigenvalue weighted by Crippen LogP contribution is -2.37. The van der Waals surface area contributed by atoms with Crippen LogP contribution in [-0.2, 0) is 6.42 Å². The number of rotatable bonds is 9. The minimum absolute atomic E-state index is 0.279. The molecule has 0 bridgehead atoms. The Morgan fingerprint density at radius 3 is 2.58 bits per heavy atom. The summed E-state index contributed by atoms with van der Waals surface area (Å²) in [7, 11) is 0. The van der Waals surface area contributed by atoms with E-state index in [2.05, 4.69) is 38.7 Å². The molecule has 19 heavy (non-hydrogen) atoms. The summed E-state index contributed by atoms with van der Waals surface area (Å²) in [6, 6.07) is 4.55. The summed E-state index contributed by atoms with van der Waals surface area (Å²) in [6.45, 7) is 10.3. The van der Waals surface area contributed by atoms with Gasteiger partial charge in [-0.3, -0.25) is 9.69 Å². The van der Waals surface area contributed by atoms with Gasteiger partial charge in [-0.05, 0) is 44.9 Å². The molecule has 0 N–H and O–H groups in total. The van der Waals surface area contributed by atoms with Gasteiger partial charge in [-0.2, -0.15) is 0 Å². The summed E-state index contributed by atoms with van der Waals surface area (Å²) in [6.07, 6.45) is 4.47. The molecule has 0 amide bonds. The van der Waals surface area contributed by atoms with Gasteiger partial charge in [0, 0.05) is 10.9 Å². The quantitative estimate of drug-likeness (QED) is 0.626. The molecule has 1 atom stereocenters. The number of hydrogen-bond acceptors (Lipinski definition) is 3. The van der Waals surface area contributed by atoms with E-state index in [4.69, 9.17) is 0 Å². The largest absolute Gasteiger partial charge is 0.293 e. The van der Waals surface area contributed by atoms with Crippen molar-refractivity contribution in [1.82, 2.24) is 4.90 Å². The number of ketones is 1. The minimum atomic E-state index is 0.279. The number of carbonyl (C=O) groups is 1. The maximum atomic E-state index is 12.3. The Morgan fingerprint density at radius 1 is 1.32 bits per heavy atom. The van der Waals surface area contributed by atoms with E-state index in [9.17, 15) is 4.79 Å². The zero-order valence-corrected chi connectivity index (χ0v) is 13.6. The number of nitrogens with zero attached hydrogens (tertiary/aromatic N) is 1. The third kappa shape index (κ3) is 5.07. The molecule has 108 valence electrons. The summed E-state index contributed by atoms with van der Waals surface area (Å²) in [5, 5.41) is 0. The van der Waals surface area contributed by atoms with Crippen LogP contribution >= 0.6 is 11.3 Å². The number of carbonyl (C=O) groups excluding carboxylic acids is 1. The van der Waals surface area contributed by atoms with Crippen LogP contribution in [0, 0.1) is 0 Å². The van der Waals surface area contributed by atoms with Crippen LogP contribution in [0.2, 0.25) is 0 Å². The zero-order valence-electron chi connectivity index (χ0n) is 12.7. The van der Waals surface area contributed by atoms with Crippen molar-refractivity contribution in [2.24, 2.45) is 0 Å². The smallest absolute Gasteiger partial charge is 0.186 e. The molecule has 0 aliphatic carbocycles. The zero-order chi connectivity index (χ0) is 14.3. The van der Waals surface area contributed by atoms with E-state index >= 15 is 0 Å². The molecule has 0 saturated carbocycles. The van der Waals surface area contributed by atoms with Gasteiger partial charge in [0.15, 0.2) is 5.78 Å². The molecule has 0 aliphatic heterocycles. The molecule has 1 heterocycles. The van der Waals surface area contributed by atoms with Crippen LogP contribution in [0.5, 0.6) is 0 Å². The van der Waals surface area contributed by atoms with Gasteiger partial charge < -0.3 is 0 Å². The Balaban J connectivity index is 2.64. The third-order valence-corrected chi connectivity index (χ3v) is 4.92. The molecular formula is C16H27NOS. The summed E-state index contributed by atoms with van der Waals surface area (Å²) < 4.78 is 0. The Labute approximate surface area is 121 Å². The summed E-state index contributed by atoms with van der Waals surface area (Å²) in [4.78, 5) is 16.9. The molecule has 0 saturated heterocycles. The molecule has 0 aliphatic rings. The second-order valence-electron chi connectivity index (χ2n) is 5.12. The molecular weight excluding hydrogens is 254 g/mol. The molecule has 0 fully saturated rings. The van der Waals surface area contributed by atoms with E-state index in [-0.39, 0.29) is 5.78 Å². The Bertz CT molecular complexity index is 386. The van der Waals surface area contributed by atoms with Crippen molar-refractivity contribution in [3.05, 3.63) is 21.9 Å². The normalized spacial score (nSPS) is 12.9. The van der Waals surface area contributed by atoms with Crippen LogP contribution in [0.3, 0.4) is 0 Å². The lowest BCUT2D eigenvalue weighted by Gasteiger charge is -2.27. The SMILES string of the molecule is CCCCN(CC(=O)c1ccc(CC)s1)C(C)CC. The van der Waals surface area contributed by atoms with Crippen molar-refractivity contribution in [1.29, 1.82) is 0 Å². The lowest BCUT2D eigenvalue weighted by atomic mass is 10.1. The third-order valence-electron chi connectivity index (χ3n) is 3.64. The maximum absolute atomic E-state index is 12.3. The number of aryl methyl sites for hydroxylation is 1. The first-order valence-corrected chi connectivity index (χ1v) is 8.29. The predicted octanol–water partition coefficient (Wildman–Crippen LogP) is 4.39. The van der Waals surface area contributed by atoms with Gasteiger partial charge in [-0.15, -0.1) is 11.3 Å². The van der Waals surface area contributed by atoms with Crippen LogP contribution in [-0.4, -0.2) is 29.8 Å². The van der Waals surface area contributed by atoms with Crippen molar-refractivity contribution >= 4 is 17.1 Å². The summed E-state index contributed by atoms with van der Waals surface area (Å²) >= 11 is 1.65. The average Bonchev–Trinajstić information content (AvgIpc) is 2.91. The van der Waals surface area contributed by atoms with Gasteiger partial charge in [0.1, 0.15) is 0 Å². The van der Waals surface area contributed by atoms with Crippen LogP contribution < -0.4 is 0 Å². The van der Waals surface area contributed by atoms with Crippen molar-refractivity contribution < 1.29 is 4.79 Å². The summed E-state index contributed by atoms with van der Waals surface area (Å²) in [5.41, 5.74) is 0. The minimum Gasteiger partial charge on any atom is -0.293 e. The van der Waals surface area contributed by atoms with Crippen molar-refractivity contribution in [3.63, 3.8) is 0 Å². The van der Waals surface area contributed by atoms with Gasteiger partial charge in [0.25, 0.3) is 0 Å². The van der Waals surface area contributed by atoms with Crippen molar-refractivity contribution in [2.75, 3.05) is 13.1 Å². The van der Waals surface area contributed by atoms with Crippen LogP contribution in [0.15, 0.2) is 12.1 Å². The van der Waals surface area contributed by atoms with E-state index < -0.39 is 0 Å². The Kier molecular flexibility index (Phi) is 7.32. The monoisotopic (exact) mass is 281 g/mol. The highest BCUT2D eigenvalue weighted by Crippen LogP contribution is 2.18. The number of thiophene rings is 1. The van der Waals surface area contributed by atoms with Crippen molar-refractivity contribution in [3.8, 4) is 0 Å². The van der Waals surface area contributed by atoms with Gasteiger partial charge in [-0.25, -0.2) is 0 Å². The molecule has 0 spiro atoms. The predicted molar refractivity (Wildman–Crippen MR) is 84.3 cm³/mol. The second kappa shape index (κ2) is 8.49. The van der Waals surface area contributed by atoms with E-state index in [0.29, 0.717) is 12.6 Å². The fourth-order valence-electron chi connectivity index (χ4n) is 2.05. The average molecular weight is 281 g/mol. The second-order valence-corrected chi connectivity index (χ2v) is 6.29. The number of hydrogen-bond donors (Lipinski definition) is 0. The molecule has 1 rings (SSSR count). The molecule has 1 unspecified atom stereocenters. The van der Waals surface area contributed by atoms with Gasteiger partial charge in [0.05, 0.1) is 11.4 Å². The van der Waals surface area contributed by atoms with E-state index in [1.165, 1.54) is 17.7 Å². The van der Waals surface area contributed by atoms with Gasteiger partial charge in [0.2, 0.25) is 0 Å². The standard InChI is InChI=1S/C16H27NOS/c1-5-8-11-17(13(4)6-2)12-15(18)16-10-9-14(7-3)19-16/h9-10,13H,5-8,11-12H2,1-4H3. The van der Waals surface area contributed by atoms with Crippen LogP contribution in [0.1, 0.15) is 61.5 Å². The molecule has 2 nitrogen and oxygen atoms in total. The fraction of sp³-hybridized carbons (Fsp3) is 0.688. The maximum Gasteiger partial charge on any atom is 0.186 e.